The van der Waals surface area contributed by atoms with Gasteiger partial charge in [-0.3, -0.25) is 0 Å². The number of aliphatic hydroxyl groups is 1. The molecule has 0 aliphatic heterocycles. The molecule has 0 aliphatic carbocycles. The SMILES string of the molecule is CC(O)c1ccnc2c1ncn2C(C)C. The van der Waals surface area contributed by atoms with Gasteiger partial charge >= 0.3 is 0 Å². The molecule has 0 radical (unpaired) electrons. The van der Waals surface area contributed by atoms with Crippen LogP contribution in [0.3, 0.4) is 0 Å². The molecule has 2 aromatic heterocycles. The van der Waals surface area contributed by atoms with Gasteiger partial charge in [0.2, 0.25) is 0 Å². The van der Waals surface area contributed by atoms with Crippen LogP contribution < -0.4 is 0 Å². The van der Waals surface area contributed by atoms with Crippen LogP contribution in [0.25, 0.3) is 11.2 Å². The Hall–Kier alpha value is -1.42. The molecule has 0 amide bonds. The first kappa shape index (κ1) is 10.1. The highest BCUT2D eigenvalue weighted by Gasteiger charge is 2.12. The summed E-state index contributed by atoms with van der Waals surface area (Å²) < 4.78 is 2.00. The van der Waals surface area contributed by atoms with Gasteiger partial charge in [-0.25, -0.2) is 9.97 Å². The first-order valence-electron chi connectivity index (χ1n) is 5.10. The number of aliphatic hydroxyl groups excluding tert-OH is 1. The van der Waals surface area contributed by atoms with Crippen molar-refractivity contribution in [2.24, 2.45) is 0 Å². The van der Waals surface area contributed by atoms with Gasteiger partial charge in [-0.05, 0) is 26.8 Å². The second-order valence-electron chi connectivity index (χ2n) is 3.99. The standard InChI is InChI=1S/C11H15N3O/c1-7(2)14-6-13-10-9(8(3)15)4-5-12-11(10)14/h4-8,15H,1-3H3. The van der Waals surface area contributed by atoms with E-state index in [1.807, 2.05) is 10.6 Å². The molecule has 0 fully saturated rings. The molecule has 4 nitrogen and oxygen atoms in total. The number of aromatic nitrogens is 3. The maximum absolute atomic E-state index is 9.59. The molecule has 15 heavy (non-hydrogen) atoms. The zero-order chi connectivity index (χ0) is 11.0. The lowest BCUT2D eigenvalue weighted by Gasteiger charge is -2.08. The topological polar surface area (TPSA) is 50.9 Å². The zero-order valence-corrected chi connectivity index (χ0v) is 9.18. The molecule has 80 valence electrons. The second kappa shape index (κ2) is 3.62. The lowest BCUT2D eigenvalue weighted by atomic mass is 10.1. The summed E-state index contributed by atoms with van der Waals surface area (Å²) in [6.07, 6.45) is 2.98. The maximum atomic E-state index is 9.59. The van der Waals surface area contributed by atoms with Crippen LogP contribution >= 0.6 is 0 Å². The molecule has 0 spiro atoms. The third-order valence-corrected chi connectivity index (χ3v) is 2.50. The molecule has 1 N–H and O–H groups in total. The third-order valence-electron chi connectivity index (χ3n) is 2.50. The Morgan fingerprint density at radius 1 is 1.27 bits per heavy atom. The molecule has 2 rings (SSSR count). The zero-order valence-electron chi connectivity index (χ0n) is 9.18. The summed E-state index contributed by atoms with van der Waals surface area (Å²) in [7, 11) is 0. The number of pyridine rings is 1. The predicted molar refractivity (Wildman–Crippen MR) is 58.5 cm³/mol. The van der Waals surface area contributed by atoms with Crippen molar-refractivity contribution < 1.29 is 5.11 Å². The van der Waals surface area contributed by atoms with E-state index in [0.29, 0.717) is 6.04 Å². The van der Waals surface area contributed by atoms with Crippen molar-refractivity contribution >= 4 is 11.2 Å². The summed E-state index contributed by atoms with van der Waals surface area (Å²) in [5.41, 5.74) is 2.46. The predicted octanol–water partition coefficient (Wildman–Crippen LogP) is 2.07. The number of hydrogen-bond donors (Lipinski definition) is 1. The molecule has 4 heteroatoms. The Balaban J connectivity index is 2.69. The Kier molecular flexibility index (Phi) is 2.44. The summed E-state index contributed by atoms with van der Waals surface area (Å²) in [6.45, 7) is 5.90. The molecule has 0 saturated carbocycles. The molecule has 0 saturated heterocycles. The Morgan fingerprint density at radius 3 is 2.60 bits per heavy atom. The van der Waals surface area contributed by atoms with E-state index in [-0.39, 0.29) is 0 Å². The van der Waals surface area contributed by atoms with Gasteiger partial charge in [0, 0.05) is 17.8 Å². The van der Waals surface area contributed by atoms with Crippen molar-refractivity contribution in [3.8, 4) is 0 Å². The van der Waals surface area contributed by atoms with Crippen LogP contribution in [-0.4, -0.2) is 19.6 Å². The van der Waals surface area contributed by atoms with Crippen LogP contribution in [0.4, 0.5) is 0 Å². The Bertz CT molecular complexity index is 474. The van der Waals surface area contributed by atoms with E-state index in [9.17, 15) is 5.11 Å². The molecular weight excluding hydrogens is 190 g/mol. The van der Waals surface area contributed by atoms with Crippen LogP contribution in [0.1, 0.15) is 38.5 Å². The third kappa shape index (κ3) is 1.61. The number of rotatable bonds is 2. The summed E-state index contributed by atoms with van der Waals surface area (Å²) in [5.74, 6) is 0. The molecule has 2 heterocycles. The van der Waals surface area contributed by atoms with Crippen LogP contribution in [0.2, 0.25) is 0 Å². The van der Waals surface area contributed by atoms with Gasteiger partial charge in [0.15, 0.2) is 5.65 Å². The highest BCUT2D eigenvalue weighted by Crippen LogP contribution is 2.22. The van der Waals surface area contributed by atoms with Crippen LogP contribution in [-0.2, 0) is 0 Å². The van der Waals surface area contributed by atoms with E-state index in [0.717, 1.165) is 16.7 Å². The van der Waals surface area contributed by atoms with Gasteiger partial charge in [-0.1, -0.05) is 0 Å². The van der Waals surface area contributed by atoms with E-state index in [2.05, 4.69) is 23.8 Å². The fraction of sp³-hybridized carbons (Fsp3) is 0.455. The first-order valence-corrected chi connectivity index (χ1v) is 5.10. The summed E-state index contributed by atoms with van der Waals surface area (Å²) in [6, 6.07) is 2.14. The van der Waals surface area contributed by atoms with E-state index >= 15 is 0 Å². The number of imidazole rings is 1. The first-order chi connectivity index (χ1) is 7.11. The van der Waals surface area contributed by atoms with Gasteiger partial charge in [0.25, 0.3) is 0 Å². The average molecular weight is 205 g/mol. The lowest BCUT2D eigenvalue weighted by molar-refractivity contribution is 0.200. The van der Waals surface area contributed by atoms with E-state index in [1.54, 1.807) is 19.4 Å². The number of nitrogens with zero attached hydrogens (tertiary/aromatic N) is 3. The van der Waals surface area contributed by atoms with Crippen molar-refractivity contribution in [2.45, 2.75) is 32.9 Å². The normalized spacial score (nSPS) is 13.7. The van der Waals surface area contributed by atoms with Gasteiger partial charge < -0.3 is 9.67 Å². The van der Waals surface area contributed by atoms with E-state index < -0.39 is 6.10 Å². The van der Waals surface area contributed by atoms with Gasteiger partial charge in [0.05, 0.1) is 12.4 Å². The lowest BCUT2D eigenvalue weighted by Crippen LogP contribution is -2.00. The minimum atomic E-state index is -0.508. The molecule has 0 bridgehead atoms. The molecule has 1 unspecified atom stereocenters. The molecular formula is C11H15N3O. The van der Waals surface area contributed by atoms with Crippen molar-refractivity contribution in [3.05, 3.63) is 24.2 Å². The van der Waals surface area contributed by atoms with Crippen LogP contribution in [0.15, 0.2) is 18.6 Å². The largest absolute Gasteiger partial charge is 0.389 e. The van der Waals surface area contributed by atoms with Crippen LogP contribution in [0, 0.1) is 0 Å². The maximum Gasteiger partial charge on any atom is 0.160 e. The molecule has 0 aromatic carbocycles. The molecule has 1 atom stereocenters. The summed E-state index contributed by atoms with van der Waals surface area (Å²) in [5, 5.41) is 9.59. The minimum Gasteiger partial charge on any atom is -0.389 e. The molecule has 0 aliphatic rings. The van der Waals surface area contributed by atoms with Gasteiger partial charge in [0.1, 0.15) is 5.52 Å². The van der Waals surface area contributed by atoms with Crippen molar-refractivity contribution in [1.82, 2.24) is 14.5 Å². The smallest absolute Gasteiger partial charge is 0.160 e. The average Bonchev–Trinajstić information content (AvgIpc) is 2.59. The fourth-order valence-corrected chi connectivity index (χ4v) is 1.67. The van der Waals surface area contributed by atoms with E-state index in [4.69, 9.17) is 0 Å². The number of hydrogen-bond acceptors (Lipinski definition) is 3. The quantitative estimate of drug-likeness (QED) is 0.816. The van der Waals surface area contributed by atoms with Crippen molar-refractivity contribution in [2.75, 3.05) is 0 Å². The Morgan fingerprint density at radius 2 is 2.00 bits per heavy atom. The number of fused-ring (bicyclic) bond motifs is 1. The highest BCUT2D eigenvalue weighted by molar-refractivity contribution is 5.75. The highest BCUT2D eigenvalue weighted by atomic mass is 16.3. The monoisotopic (exact) mass is 205 g/mol. The van der Waals surface area contributed by atoms with Gasteiger partial charge in [-0.15, -0.1) is 0 Å². The fourth-order valence-electron chi connectivity index (χ4n) is 1.67. The summed E-state index contributed by atoms with van der Waals surface area (Å²) in [4.78, 5) is 8.60. The van der Waals surface area contributed by atoms with Crippen LogP contribution in [0.5, 0.6) is 0 Å². The van der Waals surface area contributed by atoms with Gasteiger partial charge in [-0.2, -0.15) is 0 Å². The molecule has 2 aromatic rings. The van der Waals surface area contributed by atoms with Crippen molar-refractivity contribution in [3.63, 3.8) is 0 Å². The Labute approximate surface area is 88.6 Å². The van der Waals surface area contributed by atoms with Crippen molar-refractivity contribution in [1.29, 1.82) is 0 Å². The second-order valence-corrected chi connectivity index (χ2v) is 3.99. The van der Waals surface area contributed by atoms with E-state index in [1.165, 1.54) is 0 Å². The minimum absolute atomic E-state index is 0.326. The summed E-state index contributed by atoms with van der Waals surface area (Å²) >= 11 is 0.